The van der Waals surface area contributed by atoms with Crippen molar-refractivity contribution in [3.8, 4) is 0 Å². The normalized spacial score (nSPS) is 29.5. The van der Waals surface area contributed by atoms with Crippen molar-refractivity contribution in [2.75, 3.05) is 13.7 Å². The van der Waals surface area contributed by atoms with Gasteiger partial charge in [0.2, 0.25) is 0 Å². The molecule has 0 unspecified atom stereocenters. The first-order chi connectivity index (χ1) is 13.6. The zero-order chi connectivity index (χ0) is 19.8. The number of carbonyl (C=O) groups is 2. The second kappa shape index (κ2) is 7.93. The molecule has 4 atom stereocenters. The smallest absolute Gasteiger partial charge is 0.427 e. The molecule has 4 rings (SSSR count). The van der Waals surface area contributed by atoms with E-state index in [0.717, 1.165) is 30.4 Å². The highest BCUT2D eigenvalue weighted by Gasteiger charge is 2.53. The molecule has 1 N–H and O–H groups in total. The van der Waals surface area contributed by atoms with Crippen molar-refractivity contribution in [2.45, 2.75) is 45.0 Å². The van der Waals surface area contributed by atoms with Crippen LogP contribution in [0.3, 0.4) is 0 Å². The SMILES string of the molecule is CCCC[C@H]1OB(O)C[C@H]2C1=C(COC)C[C@H]1C(=O)c3ccccc3C(=O)[C@H]12. The van der Waals surface area contributed by atoms with Gasteiger partial charge in [0, 0.05) is 30.1 Å². The summed E-state index contributed by atoms with van der Waals surface area (Å²) in [6.07, 6.45) is 3.50. The van der Waals surface area contributed by atoms with Gasteiger partial charge in [-0.1, -0.05) is 44.0 Å². The Bertz CT molecular complexity index is 817. The molecule has 0 saturated carbocycles. The summed E-state index contributed by atoms with van der Waals surface area (Å²) < 4.78 is 11.3. The van der Waals surface area contributed by atoms with Crippen molar-refractivity contribution >= 4 is 18.7 Å². The van der Waals surface area contributed by atoms with E-state index in [-0.39, 0.29) is 29.5 Å². The molecule has 148 valence electrons. The standard InChI is InChI=1S/C22H27BO5/c1-3-4-9-18-19-13(12-27-2)10-16-20(17(19)11-23(26)28-18)22(25)15-8-6-5-7-14(15)21(16)24/h5-8,16-18,20,26H,3-4,9-12H2,1-2H3/t16-,17+,18-,20-/m1/s1. The summed E-state index contributed by atoms with van der Waals surface area (Å²) in [6.45, 7) is 2.55. The van der Waals surface area contributed by atoms with Crippen LogP contribution in [-0.4, -0.2) is 43.5 Å². The fourth-order valence-corrected chi connectivity index (χ4v) is 5.36. The zero-order valence-corrected chi connectivity index (χ0v) is 16.5. The van der Waals surface area contributed by atoms with E-state index < -0.39 is 13.0 Å². The maximum absolute atomic E-state index is 13.4. The Kier molecular flexibility index (Phi) is 5.54. The third kappa shape index (κ3) is 3.17. The molecular formula is C22H27BO5. The Morgan fingerprint density at radius 3 is 2.57 bits per heavy atom. The van der Waals surface area contributed by atoms with E-state index in [1.165, 1.54) is 0 Å². The Hall–Kier alpha value is -1.76. The average molecular weight is 382 g/mol. The summed E-state index contributed by atoms with van der Waals surface area (Å²) in [5.41, 5.74) is 3.23. The van der Waals surface area contributed by atoms with Gasteiger partial charge in [0.15, 0.2) is 11.6 Å². The molecule has 2 aliphatic carbocycles. The van der Waals surface area contributed by atoms with E-state index in [1.54, 1.807) is 19.2 Å². The van der Waals surface area contributed by atoms with Crippen LogP contribution < -0.4 is 0 Å². The molecule has 0 bridgehead atoms. The number of unbranched alkanes of at least 4 members (excludes halogenated alkanes) is 1. The Morgan fingerprint density at radius 2 is 1.89 bits per heavy atom. The van der Waals surface area contributed by atoms with Gasteiger partial charge in [-0.05, 0) is 36.2 Å². The molecule has 0 spiro atoms. The number of methoxy groups -OCH3 is 1. The van der Waals surface area contributed by atoms with Gasteiger partial charge >= 0.3 is 7.12 Å². The summed E-state index contributed by atoms with van der Waals surface area (Å²) in [5, 5.41) is 10.4. The highest BCUT2D eigenvalue weighted by molar-refractivity contribution is 6.43. The molecule has 1 fully saturated rings. The Balaban J connectivity index is 1.80. The molecule has 0 radical (unpaired) electrons. The third-order valence-corrected chi connectivity index (χ3v) is 6.50. The van der Waals surface area contributed by atoms with E-state index in [4.69, 9.17) is 9.39 Å². The topological polar surface area (TPSA) is 72.8 Å². The van der Waals surface area contributed by atoms with Crippen molar-refractivity contribution in [3.63, 3.8) is 0 Å². The van der Waals surface area contributed by atoms with Crippen molar-refractivity contribution in [1.29, 1.82) is 0 Å². The van der Waals surface area contributed by atoms with E-state index in [0.29, 0.717) is 30.5 Å². The minimum atomic E-state index is -0.904. The maximum atomic E-state index is 13.4. The molecule has 1 aromatic rings. The molecule has 5 nitrogen and oxygen atoms in total. The monoisotopic (exact) mass is 382 g/mol. The molecule has 0 aromatic heterocycles. The predicted octanol–water partition coefficient (Wildman–Crippen LogP) is 3.33. The van der Waals surface area contributed by atoms with E-state index >= 15 is 0 Å². The van der Waals surface area contributed by atoms with Gasteiger partial charge in [-0.3, -0.25) is 9.59 Å². The Labute approximate surface area is 166 Å². The van der Waals surface area contributed by atoms with Gasteiger partial charge in [-0.25, -0.2) is 0 Å². The second-order valence-electron chi connectivity index (χ2n) is 8.17. The largest absolute Gasteiger partial charge is 0.455 e. The minimum absolute atomic E-state index is 0.0301. The third-order valence-electron chi connectivity index (χ3n) is 6.50. The van der Waals surface area contributed by atoms with Gasteiger partial charge in [0.25, 0.3) is 0 Å². The van der Waals surface area contributed by atoms with Crippen LogP contribution in [0.2, 0.25) is 6.32 Å². The molecule has 3 aliphatic rings. The second-order valence-corrected chi connectivity index (χ2v) is 8.17. The van der Waals surface area contributed by atoms with Gasteiger partial charge in [0.1, 0.15) is 0 Å². The van der Waals surface area contributed by atoms with Gasteiger partial charge < -0.3 is 14.4 Å². The number of ether oxygens (including phenoxy) is 1. The summed E-state index contributed by atoms with van der Waals surface area (Å²) >= 11 is 0. The number of ketones is 2. The number of carbonyl (C=O) groups excluding carboxylic acids is 2. The van der Waals surface area contributed by atoms with Crippen LogP contribution in [0.25, 0.3) is 0 Å². The van der Waals surface area contributed by atoms with Crippen LogP contribution >= 0.6 is 0 Å². The van der Waals surface area contributed by atoms with Gasteiger partial charge in [-0.15, -0.1) is 0 Å². The molecule has 0 amide bonds. The highest BCUT2D eigenvalue weighted by Crippen LogP contribution is 2.50. The van der Waals surface area contributed by atoms with Crippen LogP contribution in [0.4, 0.5) is 0 Å². The van der Waals surface area contributed by atoms with Gasteiger partial charge in [-0.2, -0.15) is 0 Å². The number of Topliss-reactive ketones (excluding diaryl/α,β-unsaturated/α-hetero) is 2. The van der Waals surface area contributed by atoms with Crippen LogP contribution in [-0.2, 0) is 9.39 Å². The number of fused-ring (bicyclic) bond motifs is 4. The summed E-state index contributed by atoms with van der Waals surface area (Å²) in [4.78, 5) is 26.7. The van der Waals surface area contributed by atoms with Crippen molar-refractivity contribution in [3.05, 3.63) is 46.5 Å². The van der Waals surface area contributed by atoms with Crippen molar-refractivity contribution in [2.24, 2.45) is 17.8 Å². The number of benzene rings is 1. The Morgan fingerprint density at radius 1 is 1.18 bits per heavy atom. The molecule has 1 saturated heterocycles. The lowest BCUT2D eigenvalue weighted by Crippen LogP contribution is -2.51. The summed E-state index contributed by atoms with van der Waals surface area (Å²) in [5.74, 6) is -0.889. The van der Waals surface area contributed by atoms with Crippen molar-refractivity contribution in [1.82, 2.24) is 0 Å². The van der Waals surface area contributed by atoms with E-state index in [1.807, 2.05) is 12.1 Å². The first kappa shape index (κ1) is 19.6. The van der Waals surface area contributed by atoms with E-state index in [9.17, 15) is 14.6 Å². The molecule has 1 heterocycles. The number of hydrogen-bond acceptors (Lipinski definition) is 5. The highest BCUT2D eigenvalue weighted by atomic mass is 16.5. The molecule has 28 heavy (non-hydrogen) atoms. The van der Waals surface area contributed by atoms with Crippen LogP contribution in [0.1, 0.15) is 53.3 Å². The van der Waals surface area contributed by atoms with Crippen LogP contribution in [0, 0.1) is 17.8 Å². The maximum Gasteiger partial charge on any atom is 0.455 e. The average Bonchev–Trinajstić information content (AvgIpc) is 2.70. The summed E-state index contributed by atoms with van der Waals surface area (Å²) in [6, 6.07) is 7.13. The first-order valence-corrected chi connectivity index (χ1v) is 10.3. The quantitative estimate of drug-likeness (QED) is 0.625. The van der Waals surface area contributed by atoms with Crippen molar-refractivity contribution < 1.29 is 24.0 Å². The number of hydrogen-bond donors (Lipinski definition) is 1. The molecule has 6 heteroatoms. The predicted molar refractivity (Wildman–Crippen MR) is 106 cm³/mol. The minimum Gasteiger partial charge on any atom is -0.427 e. The lowest BCUT2D eigenvalue weighted by Gasteiger charge is -2.47. The first-order valence-electron chi connectivity index (χ1n) is 10.3. The fraction of sp³-hybridized carbons (Fsp3) is 0.545. The van der Waals surface area contributed by atoms with Crippen LogP contribution in [0.15, 0.2) is 35.4 Å². The molecular weight excluding hydrogens is 355 g/mol. The lowest BCUT2D eigenvalue weighted by atomic mass is 9.54. The molecule has 1 aromatic carbocycles. The molecule has 1 aliphatic heterocycles. The van der Waals surface area contributed by atoms with Gasteiger partial charge in [0.05, 0.1) is 12.7 Å². The van der Waals surface area contributed by atoms with Crippen LogP contribution in [0.5, 0.6) is 0 Å². The lowest BCUT2D eigenvalue weighted by molar-refractivity contribution is 0.0582. The van der Waals surface area contributed by atoms with E-state index in [2.05, 4.69) is 6.92 Å². The summed E-state index contributed by atoms with van der Waals surface area (Å²) in [7, 11) is 0.746. The fourth-order valence-electron chi connectivity index (χ4n) is 5.36. The number of rotatable bonds is 5. The zero-order valence-electron chi connectivity index (χ0n) is 16.5.